The second kappa shape index (κ2) is 6.75. The van der Waals surface area contributed by atoms with Crippen LogP contribution in [0.5, 0.6) is 5.75 Å². The van der Waals surface area contributed by atoms with Crippen LogP contribution >= 0.6 is 27.5 Å². The average Bonchev–Trinajstić information content (AvgIpc) is 2.72. The molecule has 0 saturated heterocycles. The molecule has 0 amide bonds. The van der Waals surface area contributed by atoms with Gasteiger partial charge in [0, 0.05) is 12.4 Å². The van der Waals surface area contributed by atoms with Gasteiger partial charge >= 0.3 is 0 Å². The van der Waals surface area contributed by atoms with E-state index in [-0.39, 0.29) is 6.61 Å². The molecule has 1 heterocycles. The summed E-state index contributed by atoms with van der Waals surface area (Å²) >= 11 is 9.32. The van der Waals surface area contributed by atoms with Crippen LogP contribution in [0.4, 0.5) is 8.78 Å². The molecule has 0 aliphatic heterocycles. The summed E-state index contributed by atoms with van der Waals surface area (Å²) in [6, 6.07) is 2.46. The van der Waals surface area contributed by atoms with Crippen LogP contribution in [0.2, 0.25) is 5.02 Å². The molecule has 0 radical (unpaired) electrons. The van der Waals surface area contributed by atoms with Gasteiger partial charge in [0.25, 0.3) is 0 Å². The minimum Gasteiger partial charge on any atom is -0.481 e. The van der Waals surface area contributed by atoms with Gasteiger partial charge in [-0.05, 0) is 24.1 Å². The van der Waals surface area contributed by atoms with Gasteiger partial charge in [-0.15, -0.1) is 0 Å². The number of aryl methyl sites for hydroxylation is 2. The summed E-state index contributed by atoms with van der Waals surface area (Å²) in [4.78, 5) is 0. The van der Waals surface area contributed by atoms with Gasteiger partial charge in [-0.3, -0.25) is 4.68 Å². The van der Waals surface area contributed by atoms with Gasteiger partial charge < -0.3 is 4.74 Å². The molecule has 21 heavy (non-hydrogen) atoms. The lowest BCUT2D eigenvalue weighted by atomic mass is 10.2. The Balaban J connectivity index is 2.23. The fourth-order valence-electron chi connectivity index (χ4n) is 1.94. The van der Waals surface area contributed by atoms with E-state index in [4.69, 9.17) is 16.3 Å². The Bertz CT molecular complexity index is 638. The van der Waals surface area contributed by atoms with Crippen LogP contribution in [0, 0.1) is 11.6 Å². The first-order valence-corrected chi connectivity index (χ1v) is 7.84. The number of benzene rings is 1. The summed E-state index contributed by atoms with van der Waals surface area (Å²) in [6.07, 6.45) is 0.676. The first kappa shape index (κ1) is 16.2. The molecule has 0 fully saturated rings. The van der Waals surface area contributed by atoms with E-state index in [9.17, 15) is 8.78 Å². The van der Waals surface area contributed by atoms with Gasteiger partial charge in [-0.2, -0.15) is 5.10 Å². The minimum absolute atomic E-state index is 0.0518. The molecule has 3 nitrogen and oxygen atoms in total. The second-order valence-corrected chi connectivity index (χ2v) is 5.43. The fraction of sp³-hybridized carbons (Fsp3) is 0.357. The zero-order chi connectivity index (χ0) is 15.6. The number of nitrogens with zero attached hydrogens (tertiary/aromatic N) is 2. The van der Waals surface area contributed by atoms with Crippen LogP contribution < -0.4 is 4.74 Å². The van der Waals surface area contributed by atoms with Crippen molar-refractivity contribution in [3.8, 4) is 5.75 Å². The maximum Gasteiger partial charge on any atom is 0.191 e. The highest BCUT2D eigenvalue weighted by molar-refractivity contribution is 9.08. The number of aromatic nitrogens is 2. The highest BCUT2D eigenvalue weighted by atomic mass is 79.9. The van der Waals surface area contributed by atoms with Crippen LogP contribution in [0.15, 0.2) is 12.1 Å². The van der Waals surface area contributed by atoms with Crippen LogP contribution in [-0.2, 0) is 25.4 Å². The largest absolute Gasteiger partial charge is 0.481 e. The van der Waals surface area contributed by atoms with Crippen molar-refractivity contribution in [2.75, 3.05) is 0 Å². The quantitative estimate of drug-likeness (QED) is 0.721. The third-order valence-corrected chi connectivity index (χ3v) is 4.15. The van der Waals surface area contributed by atoms with Gasteiger partial charge in [0.15, 0.2) is 17.4 Å². The third-order valence-electron chi connectivity index (χ3n) is 3.07. The molecule has 2 rings (SSSR count). The van der Waals surface area contributed by atoms with Gasteiger partial charge in [-0.25, -0.2) is 8.78 Å². The number of halogens is 4. The lowest BCUT2D eigenvalue weighted by Gasteiger charge is -2.10. The van der Waals surface area contributed by atoms with Crippen molar-refractivity contribution in [2.45, 2.75) is 25.3 Å². The summed E-state index contributed by atoms with van der Waals surface area (Å²) in [5.41, 5.74) is 1.81. The third kappa shape index (κ3) is 3.37. The fourth-order valence-corrected chi connectivity index (χ4v) is 2.62. The molecule has 0 bridgehead atoms. The lowest BCUT2D eigenvalue weighted by Crippen LogP contribution is -2.06. The molecule has 0 unspecified atom stereocenters. The molecule has 0 spiro atoms. The molecule has 0 aliphatic carbocycles. The van der Waals surface area contributed by atoms with Crippen LogP contribution in [0.3, 0.4) is 0 Å². The van der Waals surface area contributed by atoms with Gasteiger partial charge in [-0.1, -0.05) is 34.5 Å². The molecule has 0 aliphatic rings. The first-order chi connectivity index (χ1) is 9.97. The summed E-state index contributed by atoms with van der Waals surface area (Å²) in [6.45, 7) is 1.88. The monoisotopic (exact) mass is 378 g/mol. The summed E-state index contributed by atoms with van der Waals surface area (Å²) in [7, 11) is 1.71. The van der Waals surface area contributed by atoms with E-state index >= 15 is 0 Å². The number of ether oxygens (including phenoxy) is 1. The average molecular weight is 380 g/mol. The summed E-state index contributed by atoms with van der Waals surface area (Å²) < 4.78 is 34.5. The van der Waals surface area contributed by atoms with Crippen molar-refractivity contribution in [3.63, 3.8) is 0 Å². The molecular formula is C14H14BrClF2N2O. The molecule has 0 atom stereocenters. The molecule has 7 heteroatoms. The van der Waals surface area contributed by atoms with Crippen molar-refractivity contribution >= 4 is 27.5 Å². The Morgan fingerprint density at radius 3 is 2.43 bits per heavy atom. The van der Waals surface area contributed by atoms with Crippen molar-refractivity contribution in [2.24, 2.45) is 7.05 Å². The van der Waals surface area contributed by atoms with Gasteiger partial charge in [0.2, 0.25) is 0 Å². The highest BCUT2D eigenvalue weighted by Gasteiger charge is 2.17. The zero-order valence-electron chi connectivity index (χ0n) is 11.6. The summed E-state index contributed by atoms with van der Waals surface area (Å²) in [5, 5.41) is 5.06. The van der Waals surface area contributed by atoms with Gasteiger partial charge in [0.05, 0.1) is 16.4 Å². The Hall–Kier alpha value is -1.14. The van der Waals surface area contributed by atoms with E-state index in [1.54, 1.807) is 11.7 Å². The summed E-state index contributed by atoms with van der Waals surface area (Å²) in [5.74, 6) is -1.88. The Morgan fingerprint density at radius 1 is 1.33 bits per heavy atom. The maximum atomic E-state index is 13.8. The Kier molecular flexibility index (Phi) is 5.22. The molecule has 1 aromatic heterocycles. The predicted octanol–water partition coefficient (Wildman–Crippen LogP) is 4.39. The molecule has 0 N–H and O–H groups in total. The Morgan fingerprint density at radius 2 is 1.95 bits per heavy atom. The molecule has 114 valence electrons. The van der Waals surface area contributed by atoms with Crippen LogP contribution in [-0.4, -0.2) is 9.78 Å². The minimum atomic E-state index is -0.738. The number of hydrogen-bond donors (Lipinski definition) is 0. The van der Waals surface area contributed by atoms with Crippen LogP contribution in [0.25, 0.3) is 0 Å². The van der Waals surface area contributed by atoms with Crippen LogP contribution in [0.1, 0.15) is 23.9 Å². The van der Waals surface area contributed by atoms with E-state index in [0.29, 0.717) is 28.0 Å². The second-order valence-electron chi connectivity index (χ2n) is 4.50. The molecule has 2 aromatic rings. The Labute approximate surface area is 135 Å². The SMILES string of the molecule is CCc1nn(C)c(COc2c(F)cc(CBr)cc2F)c1Cl. The highest BCUT2D eigenvalue weighted by Crippen LogP contribution is 2.27. The molecular weight excluding hydrogens is 366 g/mol. The van der Waals surface area contributed by atoms with Crippen molar-refractivity contribution in [1.82, 2.24) is 9.78 Å². The van der Waals surface area contributed by atoms with E-state index in [0.717, 1.165) is 5.69 Å². The van der Waals surface area contributed by atoms with E-state index in [2.05, 4.69) is 21.0 Å². The zero-order valence-corrected chi connectivity index (χ0v) is 13.9. The van der Waals surface area contributed by atoms with Crippen molar-refractivity contribution < 1.29 is 13.5 Å². The van der Waals surface area contributed by atoms with Crippen molar-refractivity contribution in [3.05, 3.63) is 45.7 Å². The standard InChI is InChI=1S/C14H14BrClF2N2O/c1-3-11-13(16)12(20(2)19-11)7-21-14-9(17)4-8(6-15)5-10(14)18/h4-5H,3,6-7H2,1-2H3. The van der Waals surface area contributed by atoms with E-state index in [1.807, 2.05) is 6.92 Å². The normalized spacial score (nSPS) is 11.0. The smallest absolute Gasteiger partial charge is 0.191 e. The lowest BCUT2D eigenvalue weighted by molar-refractivity contribution is 0.265. The number of rotatable bonds is 5. The van der Waals surface area contributed by atoms with E-state index < -0.39 is 17.4 Å². The van der Waals surface area contributed by atoms with Gasteiger partial charge in [0.1, 0.15) is 6.61 Å². The topological polar surface area (TPSA) is 27.1 Å². The number of hydrogen-bond acceptors (Lipinski definition) is 2. The predicted molar refractivity (Wildman–Crippen MR) is 80.9 cm³/mol. The number of alkyl halides is 1. The van der Waals surface area contributed by atoms with E-state index in [1.165, 1.54) is 12.1 Å². The van der Waals surface area contributed by atoms with Crippen molar-refractivity contribution in [1.29, 1.82) is 0 Å². The molecule has 0 saturated carbocycles. The molecule has 1 aromatic carbocycles. The first-order valence-electron chi connectivity index (χ1n) is 6.34. The maximum absolute atomic E-state index is 13.8.